The number of ether oxygens (including phenoxy) is 1. The lowest BCUT2D eigenvalue weighted by molar-refractivity contribution is -0.146. The van der Waals surface area contributed by atoms with Gasteiger partial charge in [-0.05, 0) is 25.0 Å². The van der Waals surface area contributed by atoms with Crippen molar-refractivity contribution in [3.63, 3.8) is 0 Å². The molecule has 0 bridgehead atoms. The maximum atomic E-state index is 11.9. The van der Waals surface area contributed by atoms with E-state index in [-0.39, 0.29) is 12.3 Å². The second-order valence-electron chi connectivity index (χ2n) is 4.05. The first-order chi connectivity index (χ1) is 9.10. The molecule has 0 unspecified atom stereocenters. The van der Waals surface area contributed by atoms with Gasteiger partial charge in [0, 0.05) is 6.20 Å². The van der Waals surface area contributed by atoms with E-state index in [0.29, 0.717) is 12.0 Å². The molecule has 1 heterocycles. The number of pyridine rings is 1. The Balaban J connectivity index is 2.68. The summed E-state index contributed by atoms with van der Waals surface area (Å²) >= 11 is 0. The Bertz CT molecular complexity index is 448. The molecule has 0 aliphatic rings. The third-order valence-corrected chi connectivity index (χ3v) is 2.45. The summed E-state index contributed by atoms with van der Waals surface area (Å²) < 4.78 is 4.88. The van der Waals surface area contributed by atoms with Crippen LogP contribution in [0.5, 0.6) is 0 Å². The minimum absolute atomic E-state index is 0.226. The van der Waals surface area contributed by atoms with Gasteiger partial charge in [-0.2, -0.15) is 0 Å². The third kappa shape index (κ3) is 4.33. The number of hydrogen-bond acceptors (Lipinski definition) is 5. The topological polar surface area (TPSA) is 88.5 Å². The van der Waals surface area contributed by atoms with Gasteiger partial charge < -0.3 is 15.2 Å². The first kappa shape index (κ1) is 15.1. The first-order valence-electron chi connectivity index (χ1n) is 6.10. The van der Waals surface area contributed by atoms with Crippen molar-refractivity contribution in [3.05, 3.63) is 29.6 Å². The summed E-state index contributed by atoms with van der Waals surface area (Å²) in [5.41, 5.74) is 0.919. The molecular formula is C13H18N2O4. The van der Waals surface area contributed by atoms with Gasteiger partial charge in [-0.1, -0.05) is 13.0 Å². The second-order valence-corrected chi connectivity index (χ2v) is 4.05. The SMILES string of the molecule is CCCOC(=O)[C@H](CO)NC(=O)c1ncccc1C. The molecule has 1 aromatic heterocycles. The molecule has 0 spiro atoms. The number of carbonyl (C=O) groups is 2. The number of esters is 1. The van der Waals surface area contributed by atoms with Crippen LogP contribution >= 0.6 is 0 Å². The molecule has 1 atom stereocenters. The normalized spacial score (nSPS) is 11.7. The molecule has 2 N–H and O–H groups in total. The summed E-state index contributed by atoms with van der Waals surface area (Å²) in [7, 11) is 0. The molecule has 0 aliphatic heterocycles. The third-order valence-electron chi connectivity index (χ3n) is 2.45. The molecule has 0 saturated heterocycles. The van der Waals surface area contributed by atoms with E-state index in [4.69, 9.17) is 9.84 Å². The predicted octanol–water partition coefficient (Wildman–Crippen LogP) is 0.434. The molecule has 6 nitrogen and oxygen atoms in total. The Morgan fingerprint density at radius 2 is 2.26 bits per heavy atom. The summed E-state index contributed by atoms with van der Waals surface area (Å²) in [6, 6.07) is 2.39. The van der Waals surface area contributed by atoms with E-state index in [0.717, 1.165) is 0 Å². The van der Waals surface area contributed by atoms with Crippen molar-refractivity contribution in [2.24, 2.45) is 0 Å². The zero-order valence-corrected chi connectivity index (χ0v) is 11.0. The van der Waals surface area contributed by atoms with Crippen LogP contribution < -0.4 is 5.32 Å². The fourth-order valence-corrected chi connectivity index (χ4v) is 1.43. The van der Waals surface area contributed by atoms with Crippen molar-refractivity contribution in [2.45, 2.75) is 26.3 Å². The highest BCUT2D eigenvalue weighted by Gasteiger charge is 2.23. The standard InChI is InChI=1S/C13H18N2O4/c1-3-7-19-13(18)10(8-16)15-12(17)11-9(2)5-4-6-14-11/h4-6,10,16H,3,7-8H2,1-2H3,(H,15,17)/t10-/m0/s1. The summed E-state index contributed by atoms with van der Waals surface area (Å²) in [6.45, 7) is 3.34. The zero-order chi connectivity index (χ0) is 14.3. The fourth-order valence-electron chi connectivity index (χ4n) is 1.43. The van der Waals surface area contributed by atoms with Crippen LogP contribution in [0.3, 0.4) is 0 Å². The molecule has 0 aliphatic carbocycles. The van der Waals surface area contributed by atoms with E-state index < -0.39 is 24.5 Å². The number of rotatable bonds is 6. The van der Waals surface area contributed by atoms with Gasteiger partial charge >= 0.3 is 5.97 Å². The first-order valence-corrected chi connectivity index (χ1v) is 6.10. The number of nitrogens with zero attached hydrogens (tertiary/aromatic N) is 1. The van der Waals surface area contributed by atoms with Crippen LogP contribution in [-0.2, 0) is 9.53 Å². The fraction of sp³-hybridized carbons (Fsp3) is 0.462. The average Bonchev–Trinajstić information content (AvgIpc) is 2.42. The van der Waals surface area contributed by atoms with E-state index in [1.165, 1.54) is 6.20 Å². The average molecular weight is 266 g/mol. The van der Waals surface area contributed by atoms with Crippen LogP contribution in [0, 0.1) is 6.92 Å². The van der Waals surface area contributed by atoms with Crippen molar-refractivity contribution in [1.29, 1.82) is 0 Å². The highest BCUT2D eigenvalue weighted by Crippen LogP contribution is 2.03. The van der Waals surface area contributed by atoms with Gasteiger partial charge in [-0.3, -0.25) is 9.78 Å². The van der Waals surface area contributed by atoms with Crippen molar-refractivity contribution < 1.29 is 19.4 Å². The van der Waals surface area contributed by atoms with Crippen LogP contribution in [0.2, 0.25) is 0 Å². The Morgan fingerprint density at radius 3 is 2.84 bits per heavy atom. The number of hydrogen-bond donors (Lipinski definition) is 2. The highest BCUT2D eigenvalue weighted by atomic mass is 16.5. The van der Waals surface area contributed by atoms with Crippen molar-refractivity contribution >= 4 is 11.9 Å². The van der Waals surface area contributed by atoms with Gasteiger partial charge in [-0.25, -0.2) is 4.79 Å². The van der Waals surface area contributed by atoms with Crippen LogP contribution in [0.1, 0.15) is 29.4 Å². The summed E-state index contributed by atoms with van der Waals surface area (Å²) in [5, 5.41) is 11.5. The van der Waals surface area contributed by atoms with Gasteiger partial charge in [0.05, 0.1) is 13.2 Å². The summed E-state index contributed by atoms with van der Waals surface area (Å²) in [4.78, 5) is 27.4. The van der Waals surface area contributed by atoms with Crippen molar-refractivity contribution in [1.82, 2.24) is 10.3 Å². The van der Waals surface area contributed by atoms with Gasteiger partial charge in [0.1, 0.15) is 5.69 Å². The Hall–Kier alpha value is -1.95. The minimum atomic E-state index is -1.07. The van der Waals surface area contributed by atoms with E-state index >= 15 is 0 Å². The van der Waals surface area contributed by atoms with Crippen LogP contribution in [0.25, 0.3) is 0 Å². The molecule has 0 aromatic carbocycles. The second kappa shape index (κ2) is 7.48. The molecule has 0 saturated carbocycles. The molecule has 0 fully saturated rings. The molecule has 19 heavy (non-hydrogen) atoms. The van der Waals surface area contributed by atoms with E-state index in [1.807, 2.05) is 6.92 Å². The Labute approximate surface area is 111 Å². The number of aromatic nitrogens is 1. The zero-order valence-electron chi connectivity index (χ0n) is 11.0. The number of amides is 1. The van der Waals surface area contributed by atoms with E-state index in [1.54, 1.807) is 19.1 Å². The lowest BCUT2D eigenvalue weighted by Crippen LogP contribution is -2.44. The Kier molecular flexibility index (Phi) is 5.95. The Morgan fingerprint density at radius 1 is 1.53 bits per heavy atom. The van der Waals surface area contributed by atoms with Gasteiger partial charge in [0.25, 0.3) is 5.91 Å². The number of carbonyl (C=O) groups excluding carboxylic acids is 2. The maximum Gasteiger partial charge on any atom is 0.331 e. The summed E-state index contributed by atoms with van der Waals surface area (Å²) in [5.74, 6) is -1.16. The maximum absolute atomic E-state index is 11.9. The van der Waals surface area contributed by atoms with Gasteiger partial charge in [-0.15, -0.1) is 0 Å². The largest absolute Gasteiger partial charge is 0.464 e. The van der Waals surface area contributed by atoms with Gasteiger partial charge in [0.2, 0.25) is 0 Å². The molecule has 1 amide bonds. The van der Waals surface area contributed by atoms with Crippen LogP contribution in [0.4, 0.5) is 0 Å². The minimum Gasteiger partial charge on any atom is -0.464 e. The lowest BCUT2D eigenvalue weighted by Gasteiger charge is -2.15. The number of nitrogens with one attached hydrogen (secondary N) is 1. The molecule has 1 rings (SSSR count). The van der Waals surface area contributed by atoms with Gasteiger partial charge in [0.15, 0.2) is 6.04 Å². The molecular weight excluding hydrogens is 248 g/mol. The predicted molar refractivity (Wildman–Crippen MR) is 68.6 cm³/mol. The smallest absolute Gasteiger partial charge is 0.331 e. The molecule has 0 radical (unpaired) electrons. The molecule has 104 valence electrons. The monoisotopic (exact) mass is 266 g/mol. The van der Waals surface area contributed by atoms with Crippen molar-refractivity contribution in [3.8, 4) is 0 Å². The number of aliphatic hydroxyl groups excluding tert-OH is 1. The summed E-state index contributed by atoms with van der Waals surface area (Å²) in [6.07, 6.45) is 2.17. The quantitative estimate of drug-likeness (QED) is 0.729. The number of aryl methyl sites for hydroxylation is 1. The van der Waals surface area contributed by atoms with E-state index in [9.17, 15) is 9.59 Å². The van der Waals surface area contributed by atoms with Crippen LogP contribution in [0.15, 0.2) is 18.3 Å². The highest BCUT2D eigenvalue weighted by molar-refractivity contribution is 5.96. The van der Waals surface area contributed by atoms with Crippen molar-refractivity contribution in [2.75, 3.05) is 13.2 Å². The lowest BCUT2D eigenvalue weighted by atomic mass is 10.2. The van der Waals surface area contributed by atoms with Crippen LogP contribution in [-0.4, -0.2) is 41.2 Å². The molecule has 6 heteroatoms. The van der Waals surface area contributed by atoms with E-state index in [2.05, 4.69) is 10.3 Å². The molecule has 1 aromatic rings. The number of aliphatic hydroxyl groups is 1.